The van der Waals surface area contributed by atoms with Crippen molar-refractivity contribution in [3.05, 3.63) is 53.0 Å². The van der Waals surface area contributed by atoms with Gasteiger partial charge in [0, 0.05) is 18.0 Å². The van der Waals surface area contributed by atoms with E-state index in [2.05, 4.69) is 19.2 Å². The van der Waals surface area contributed by atoms with E-state index >= 15 is 0 Å². The molecule has 2 N–H and O–H groups in total. The third-order valence-electron chi connectivity index (χ3n) is 4.00. The normalized spacial score (nSPS) is 10.5. The number of carboxylic acid groups (broad SMARTS) is 1. The molecule has 0 atom stereocenters. The van der Waals surface area contributed by atoms with E-state index in [-0.39, 0.29) is 24.2 Å². The molecule has 5 heteroatoms. The SMILES string of the molecule is CC.CC(C)c1cc(C(=O)Nc2ccc(CCC(=O)O)cc2)oc1C(C)C. The van der Waals surface area contributed by atoms with Gasteiger partial charge in [-0.2, -0.15) is 0 Å². The van der Waals surface area contributed by atoms with Crippen LogP contribution in [0.5, 0.6) is 0 Å². The smallest absolute Gasteiger partial charge is 0.303 e. The molecule has 148 valence electrons. The van der Waals surface area contributed by atoms with Crippen LogP contribution in [0.15, 0.2) is 34.7 Å². The van der Waals surface area contributed by atoms with Crippen molar-refractivity contribution in [2.75, 3.05) is 5.32 Å². The van der Waals surface area contributed by atoms with Crippen LogP contribution in [0.4, 0.5) is 5.69 Å². The first kappa shape index (κ1) is 22.5. The zero-order chi connectivity index (χ0) is 20.6. The number of aryl methyl sites for hydroxylation is 1. The Balaban J connectivity index is 0.00000176. The number of furan rings is 1. The van der Waals surface area contributed by atoms with E-state index in [0.717, 1.165) is 16.9 Å². The molecule has 0 aliphatic carbocycles. The number of hydrogen-bond donors (Lipinski definition) is 2. The molecule has 5 nitrogen and oxygen atoms in total. The first-order chi connectivity index (χ1) is 12.8. The second-order valence-corrected chi connectivity index (χ2v) is 6.78. The molecule has 0 saturated heterocycles. The maximum atomic E-state index is 12.4. The maximum absolute atomic E-state index is 12.4. The lowest BCUT2D eigenvalue weighted by Crippen LogP contribution is -2.11. The van der Waals surface area contributed by atoms with E-state index in [1.54, 1.807) is 12.1 Å². The predicted octanol–water partition coefficient (Wildman–Crippen LogP) is 5.82. The summed E-state index contributed by atoms with van der Waals surface area (Å²) in [5.41, 5.74) is 2.63. The molecule has 0 saturated carbocycles. The summed E-state index contributed by atoms with van der Waals surface area (Å²) in [4.78, 5) is 23.0. The van der Waals surface area contributed by atoms with Crippen LogP contribution in [0.25, 0.3) is 0 Å². The average Bonchev–Trinajstić information content (AvgIpc) is 3.09. The first-order valence-corrected chi connectivity index (χ1v) is 9.53. The van der Waals surface area contributed by atoms with Crippen LogP contribution in [0.3, 0.4) is 0 Å². The lowest BCUT2D eigenvalue weighted by Gasteiger charge is -2.07. The Morgan fingerprint density at radius 2 is 1.63 bits per heavy atom. The molecular formula is C22H31NO4. The summed E-state index contributed by atoms with van der Waals surface area (Å²) in [5.74, 6) is 0.555. The van der Waals surface area contributed by atoms with Crippen LogP contribution in [0.2, 0.25) is 0 Å². The number of nitrogens with one attached hydrogen (secondary N) is 1. The fourth-order valence-corrected chi connectivity index (χ4v) is 2.63. The molecule has 0 unspecified atom stereocenters. The molecule has 1 aromatic carbocycles. The number of aliphatic carboxylic acids is 1. The Hall–Kier alpha value is -2.56. The van der Waals surface area contributed by atoms with Gasteiger partial charge in [-0.15, -0.1) is 0 Å². The van der Waals surface area contributed by atoms with Gasteiger partial charge >= 0.3 is 5.97 Å². The molecule has 0 bridgehead atoms. The molecule has 1 amide bonds. The number of rotatable bonds is 7. The Morgan fingerprint density at radius 1 is 1.04 bits per heavy atom. The molecule has 0 spiro atoms. The molecule has 27 heavy (non-hydrogen) atoms. The lowest BCUT2D eigenvalue weighted by atomic mass is 9.98. The van der Waals surface area contributed by atoms with Crippen molar-refractivity contribution in [1.29, 1.82) is 0 Å². The highest BCUT2D eigenvalue weighted by Gasteiger charge is 2.20. The number of carboxylic acids is 1. The molecule has 2 rings (SSSR count). The summed E-state index contributed by atoms with van der Waals surface area (Å²) in [5, 5.41) is 11.5. The van der Waals surface area contributed by atoms with E-state index in [9.17, 15) is 9.59 Å². The molecule has 1 heterocycles. The third kappa shape index (κ3) is 6.59. The van der Waals surface area contributed by atoms with Crippen LogP contribution in [0.1, 0.15) is 87.2 Å². The Kier molecular flexibility index (Phi) is 8.79. The maximum Gasteiger partial charge on any atom is 0.303 e. The van der Waals surface area contributed by atoms with Crippen LogP contribution < -0.4 is 5.32 Å². The monoisotopic (exact) mass is 373 g/mol. The van der Waals surface area contributed by atoms with E-state index in [1.807, 2.05) is 45.9 Å². The molecule has 1 aromatic heterocycles. The third-order valence-corrected chi connectivity index (χ3v) is 4.00. The largest absolute Gasteiger partial charge is 0.481 e. The van der Waals surface area contributed by atoms with Gasteiger partial charge in [-0.05, 0) is 41.7 Å². The summed E-state index contributed by atoms with van der Waals surface area (Å²) in [6, 6.07) is 8.99. The number of anilines is 1. The second-order valence-electron chi connectivity index (χ2n) is 6.78. The Labute approximate surface area is 161 Å². The van der Waals surface area contributed by atoms with Gasteiger partial charge in [0.2, 0.25) is 0 Å². The molecule has 0 radical (unpaired) electrons. The highest BCUT2D eigenvalue weighted by atomic mass is 16.4. The van der Waals surface area contributed by atoms with Crippen molar-refractivity contribution in [2.45, 2.75) is 66.2 Å². The predicted molar refractivity (Wildman–Crippen MR) is 109 cm³/mol. The van der Waals surface area contributed by atoms with Gasteiger partial charge in [-0.3, -0.25) is 9.59 Å². The molecule has 2 aromatic rings. The minimum atomic E-state index is -0.822. The van der Waals surface area contributed by atoms with Gasteiger partial charge in [-0.25, -0.2) is 0 Å². The second kappa shape index (κ2) is 10.6. The fourth-order valence-electron chi connectivity index (χ4n) is 2.63. The van der Waals surface area contributed by atoms with E-state index in [1.165, 1.54) is 0 Å². The Bertz CT molecular complexity index is 717. The minimum Gasteiger partial charge on any atom is -0.481 e. The van der Waals surface area contributed by atoms with Crippen molar-refractivity contribution >= 4 is 17.6 Å². The standard InChI is InChI=1S/C20H25NO4.C2H6/c1-12(2)16-11-17(25-19(16)13(3)4)20(24)21-15-8-5-14(6-9-15)7-10-18(22)23;1-2/h5-6,8-9,11-13H,7,10H2,1-4H3,(H,21,24)(H,22,23);1-2H3. The summed E-state index contributed by atoms with van der Waals surface area (Å²) in [7, 11) is 0. The highest BCUT2D eigenvalue weighted by Crippen LogP contribution is 2.29. The summed E-state index contributed by atoms with van der Waals surface area (Å²) < 4.78 is 5.78. The zero-order valence-electron chi connectivity index (χ0n) is 17.1. The number of benzene rings is 1. The molecular weight excluding hydrogens is 342 g/mol. The van der Waals surface area contributed by atoms with E-state index < -0.39 is 5.97 Å². The highest BCUT2D eigenvalue weighted by molar-refractivity contribution is 6.02. The van der Waals surface area contributed by atoms with Gasteiger partial charge in [0.05, 0.1) is 0 Å². The molecule has 0 aliphatic rings. The van der Waals surface area contributed by atoms with Crippen molar-refractivity contribution in [2.24, 2.45) is 0 Å². The van der Waals surface area contributed by atoms with Gasteiger partial charge in [-0.1, -0.05) is 53.7 Å². The van der Waals surface area contributed by atoms with E-state index in [0.29, 0.717) is 17.9 Å². The summed E-state index contributed by atoms with van der Waals surface area (Å²) in [6.45, 7) is 12.2. The quantitative estimate of drug-likeness (QED) is 0.640. The van der Waals surface area contributed by atoms with Gasteiger partial charge < -0.3 is 14.8 Å². The van der Waals surface area contributed by atoms with Crippen LogP contribution in [-0.2, 0) is 11.2 Å². The van der Waals surface area contributed by atoms with Crippen molar-refractivity contribution in [3.63, 3.8) is 0 Å². The van der Waals surface area contributed by atoms with Gasteiger partial charge in [0.25, 0.3) is 5.91 Å². The summed E-state index contributed by atoms with van der Waals surface area (Å²) in [6.07, 6.45) is 0.561. The number of hydrogen-bond acceptors (Lipinski definition) is 3. The topological polar surface area (TPSA) is 79.5 Å². The van der Waals surface area contributed by atoms with Gasteiger partial charge in [0.1, 0.15) is 5.76 Å². The minimum absolute atomic E-state index is 0.0913. The number of carbonyl (C=O) groups is 2. The van der Waals surface area contributed by atoms with Crippen LogP contribution >= 0.6 is 0 Å². The van der Waals surface area contributed by atoms with Crippen LogP contribution in [0, 0.1) is 0 Å². The van der Waals surface area contributed by atoms with Gasteiger partial charge in [0.15, 0.2) is 5.76 Å². The van der Waals surface area contributed by atoms with Crippen molar-refractivity contribution in [3.8, 4) is 0 Å². The summed E-state index contributed by atoms with van der Waals surface area (Å²) >= 11 is 0. The van der Waals surface area contributed by atoms with Crippen molar-refractivity contribution < 1.29 is 19.1 Å². The van der Waals surface area contributed by atoms with Crippen molar-refractivity contribution in [1.82, 2.24) is 0 Å². The van der Waals surface area contributed by atoms with E-state index in [4.69, 9.17) is 9.52 Å². The first-order valence-electron chi connectivity index (χ1n) is 9.53. The zero-order valence-corrected chi connectivity index (χ0v) is 17.1. The Morgan fingerprint density at radius 3 is 2.07 bits per heavy atom. The van der Waals surface area contributed by atoms with Crippen LogP contribution in [-0.4, -0.2) is 17.0 Å². The molecule has 0 aliphatic heterocycles. The number of carbonyl (C=O) groups excluding carboxylic acids is 1. The number of amides is 1. The lowest BCUT2D eigenvalue weighted by molar-refractivity contribution is -0.136. The average molecular weight is 373 g/mol. The fraction of sp³-hybridized carbons (Fsp3) is 0.455. The molecule has 0 fully saturated rings.